The van der Waals surface area contributed by atoms with Crippen LogP contribution in [0.5, 0.6) is 11.5 Å². The molecule has 3 aromatic rings. The van der Waals surface area contributed by atoms with E-state index in [4.69, 9.17) is 18.6 Å². The quantitative estimate of drug-likeness (QED) is 0.582. The van der Waals surface area contributed by atoms with Crippen LogP contribution < -0.4 is 14.9 Å². The van der Waals surface area contributed by atoms with Crippen molar-refractivity contribution in [1.82, 2.24) is 4.90 Å². The number of hydrogen-bond acceptors (Lipinski definition) is 6. The summed E-state index contributed by atoms with van der Waals surface area (Å²) in [5.74, 6) is 0.923. The van der Waals surface area contributed by atoms with E-state index in [2.05, 4.69) is 0 Å². The average molecular weight is 450 g/mol. The maximum Gasteiger partial charge on any atom is 0.291 e. The summed E-state index contributed by atoms with van der Waals surface area (Å²) in [6, 6.07) is 8.64. The fourth-order valence-corrected chi connectivity index (χ4v) is 5.08. The van der Waals surface area contributed by atoms with E-state index in [0.29, 0.717) is 41.2 Å². The largest absolute Gasteiger partial charge is 0.493 e. The maximum absolute atomic E-state index is 13.8. The van der Waals surface area contributed by atoms with Gasteiger partial charge in [0.05, 0.1) is 37.3 Å². The Kier molecular flexibility index (Phi) is 5.37. The Morgan fingerprint density at radius 1 is 1.06 bits per heavy atom. The molecule has 1 amide bonds. The van der Waals surface area contributed by atoms with Crippen LogP contribution >= 0.6 is 0 Å². The van der Waals surface area contributed by atoms with Crippen molar-refractivity contribution in [1.29, 1.82) is 0 Å². The van der Waals surface area contributed by atoms with Crippen LogP contribution in [0.2, 0.25) is 0 Å². The normalized spacial score (nSPS) is 19.9. The van der Waals surface area contributed by atoms with Gasteiger partial charge in [0.15, 0.2) is 16.9 Å². The van der Waals surface area contributed by atoms with Gasteiger partial charge in [-0.2, -0.15) is 0 Å². The third kappa shape index (κ3) is 3.47. The Labute approximate surface area is 191 Å². The van der Waals surface area contributed by atoms with Crippen LogP contribution in [-0.2, 0) is 4.74 Å². The van der Waals surface area contributed by atoms with Gasteiger partial charge in [-0.3, -0.25) is 9.59 Å². The topological polar surface area (TPSA) is 78.2 Å². The molecule has 0 aliphatic carbocycles. The number of ether oxygens (including phenoxy) is 3. The highest BCUT2D eigenvalue weighted by Crippen LogP contribution is 2.41. The van der Waals surface area contributed by atoms with Crippen molar-refractivity contribution in [2.75, 3.05) is 27.4 Å². The number of carbonyl (C=O) groups excluding carboxylic acids is 1. The summed E-state index contributed by atoms with van der Waals surface area (Å²) in [7, 11) is 3.13. The average Bonchev–Trinajstić information content (AvgIpc) is 3.40. The molecule has 2 aliphatic rings. The van der Waals surface area contributed by atoms with Crippen LogP contribution in [-0.4, -0.2) is 44.3 Å². The maximum atomic E-state index is 13.8. The summed E-state index contributed by atoms with van der Waals surface area (Å²) in [5.41, 5.74) is 3.19. The number of amides is 1. The van der Waals surface area contributed by atoms with Crippen molar-refractivity contribution in [3.05, 3.63) is 68.6 Å². The van der Waals surface area contributed by atoms with Gasteiger partial charge in [0.2, 0.25) is 5.76 Å². The van der Waals surface area contributed by atoms with E-state index in [-0.39, 0.29) is 23.2 Å². The molecule has 0 bridgehead atoms. The summed E-state index contributed by atoms with van der Waals surface area (Å²) in [6.07, 6.45) is 1.76. The number of benzene rings is 2. The van der Waals surface area contributed by atoms with Crippen molar-refractivity contribution < 1.29 is 23.4 Å². The third-order valence-corrected chi connectivity index (χ3v) is 6.56. The minimum atomic E-state index is -0.599. The van der Waals surface area contributed by atoms with Gasteiger partial charge >= 0.3 is 0 Å². The monoisotopic (exact) mass is 449 g/mol. The molecule has 0 N–H and O–H groups in total. The van der Waals surface area contributed by atoms with Crippen molar-refractivity contribution in [3.63, 3.8) is 0 Å². The number of methoxy groups -OCH3 is 2. The van der Waals surface area contributed by atoms with Gasteiger partial charge in [0.1, 0.15) is 5.58 Å². The van der Waals surface area contributed by atoms with Gasteiger partial charge in [-0.25, -0.2) is 0 Å². The lowest BCUT2D eigenvalue weighted by Crippen LogP contribution is -2.36. The molecule has 0 spiro atoms. The molecule has 0 radical (unpaired) electrons. The van der Waals surface area contributed by atoms with Crippen LogP contribution in [0, 0.1) is 13.8 Å². The molecule has 7 nitrogen and oxygen atoms in total. The highest BCUT2D eigenvalue weighted by molar-refractivity contribution is 5.99. The van der Waals surface area contributed by atoms with Crippen molar-refractivity contribution in [2.45, 2.75) is 38.8 Å². The fraction of sp³-hybridized carbons (Fsp3) is 0.385. The highest BCUT2D eigenvalue weighted by Gasteiger charge is 2.44. The SMILES string of the molecule is COc1ccc([C@@H]2c3c(oc4cc(C)cc(C)c4c3=O)C(=O)N2C[C@H]2CCCO2)cc1OC. The number of rotatable bonds is 5. The lowest BCUT2D eigenvalue weighted by molar-refractivity contribution is 0.0486. The van der Waals surface area contributed by atoms with Crippen molar-refractivity contribution >= 4 is 16.9 Å². The lowest BCUT2D eigenvalue weighted by Gasteiger charge is -2.27. The smallest absolute Gasteiger partial charge is 0.291 e. The molecule has 0 unspecified atom stereocenters. The Morgan fingerprint density at radius 2 is 1.85 bits per heavy atom. The molecule has 5 rings (SSSR count). The van der Waals surface area contributed by atoms with E-state index in [1.165, 1.54) is 0 Å². The number of hydrogen-bond donors (Lipinski definition) is 0. The molecular formula is C26H27NO6. The molecule has 1 saturated heterocycles. The molecule has 2 aromatic carbocycles. The van der Waals surface area contributed by atoms with Crippen LogP contribution in [0.25, 0.3) is 11.0 Å². The zero-order valence-electron chi connectivity index (χ0n) is 19.3. The first-order valence-corrected chi connectivity index (χ1v) is 11.2. The molecule has 2 aliphatic heterocycles. The number of carbonyl (C=O) groups is 1. The molecule has 2 atom stereocenters. The molecule has 7 heteroatoms. The van der Waals surface area contributed by atoms with Crippen LogP contribution in [0.4, 0.5) is 0 Å². The zero-order valence-corrected chi connectivity index (χ0v) is 19.3. The zero-order chi connectivity index (χ0) is 23.3. The number of aryl methyl sites for hydroxylation is 2. The van der Waals surface area contributed by atoms with Crippen LogP contribution in [0.15, 0.2) is 39.5 Å². The van der Waals surface area contributed by atoms with E-state index in [1.807, 2.05) is 38.1 Å². The fourth-order valence-electron chi connectivity index (χ4n) is 5.08. The van der Waals surface area contributed by atoms with Gasteiger partial charge in [-0.15, -0.1) is 0 Å². The van der Waals surface area contributed by atoms with E-state index >= 15 is 0 Å². The summed E-state index contributed by atoms with van der Waals surface area (Å²) in [4.78, 5) is 29.1. The first-order chi connectivity index (χ1) is 15.9. The summed E-state index contributed by atoms with van der Waals surface area (Å²) in [5, 5.41) is 0.511. The first-order valence-electron chi connectivity index (χ1n) is 11.2. The van der Waals surface area contributed by atoms with Crippen molar-refractivity contribution in [3.8, 4) is 11.5 Å². The Bertz CT molecular complexity index is 1300. The predicted octanol–water partition coefficient (Wildman–Crippen LogP) is 4.15. The Morgan fingerprint density at radius 3 is 2.55 bits per heavy atom. The second kappa shape index (κ2) is 8.23. The van der Waals surface area contributed by atoms with Crippen LogP contribution in [0.3, 0.4) is 0 Å². The van der Waals surface area contributed by atoms with Gasteiger partial charge in [0, 0.05) is 13.2 Å². The molecule has 33 heavy (non-hydrogen) atoms. The molecule has 172 valence electrons. The molecule has 1 aromatic heterocycles. The van der Waals surface area contributed by atoms with Crippen molar-refractivity contribution in [2.24, 2.45) is 0 Å². The van der Waals surface area contributed by atoms with Gasteiger partial charge in [-0.1, -0.05) is 12.1 Å². The molecular weight excluding hydrogens is 422 g/mol. The van der Waals surface area contributed by atoms with Gasteiger partial charge < -0.3 is 23.5 Å². The van der Waals surface area contributed by atoms with Gasteiger partial charge in [0.25, 0.3) is 5.91 Å². The number of nitrogens with zero attached hydrogens (tertiary/aromatic N) is 1. The Hall–Kier alpha value is -3.32. The van der Waals surface area contributed by atoms with E-state index in [0.717, 1.165) is 29.5 Å². The standard InChI is InChI=1S/C26H27NO6/c1-14-10-15(2)21-20(11-14)33-25-22(24(21)28)23(16-7-8-18(30-3)19(12-16)31-4)27(26(25)29)13-17-6-5-9-32-17/h7-8,10-12,17,23H,5-6,9,13H2,1-4H3/t17-,23-/m1/s1. The lowest BCUT2D eigenvalue weighted by atomic mass is 9.96. The first kappa shape index (κ1) is 21.5. The van der Waals surface area contributed by atoms with E-state index in [9.17, 15) is 9.59 Å². The Balaban J connectivity index is 1.73. The molecule has 3 heterocycles. The second-order valence-electron chi connectivity index (χ2n) is 8.74. The summed E-state index contributed by atoms with van der Waals surface area (Å²) < 4.78 is 22.8. The third-order valence-electron chi connectivity index (χ3n) is 6.56. The summed E-state index contributed by atoms with van der Waals surface area (Å²) in [6.45, 7) is 4.90. The molecule has 0 saturated carbocycles. The van der Waals surface area contributed by atoms with E-state index < -0.39 is 6.04 Å². The highest BCUT2D eigenvalue weighted by atomic mass is 16.5. The summed E-state index contributed by atoms with van der Waals surface area (Å²) >= 11 is 0. The van der Waals surface area contributed by atoms with Crippen LogP contribution in [0.1, 0.15) is 51.7 Å². The molecule has 1 fully saturated rings. The minimum Gasteiger partial charge on any atom is -0.493 e. The second-order valence-corrected chi connectivity index (χ2v) is 8.74. The predicted molar refractivity (Wildman–Crippen MR) is 123 cm³/mol. The van der Waals surface area contributed by atoms with E-state index in [1.54, 1.807) is 25.2 Å². The van der Waals surface area contributed by atoms with Gasteiger partial charge in [-0.05, 0) is 61.6 Å². The number of fused-ring (bicyclic) bond motifs is 2. The minimum absolute atomic E-state index is 0.0700.